The van der Waals surface area contributed by atoms with Crippen LogP contribution in [-0.4, -0.2) is 15.2 Å². The molecule has 3 nitrogen and oxygen atoms in total. The van der Waals surface area contributed by atoms with Gasteiger partial charge >= 0.3 is 0 Å². The Hall–Kier alpha value is -2.42. The number of rotatable bonds is 6. The molecule has 0 aliphatic carbocycles. The van der Waals surface area contributed by atoms with E-state index in [1.807, 2.05) is 39.2 Å². The first-order valence-electron chi connectivity index (χ1n) is 10.6. The predicted octanol–water partition coefficient (Wildman–Crippen LogP) is 7.91. The average Bonchev–Trinajstić information content (AvgIpc) is 3.20. The summed E-state index contributed by atoms with van der Waals surface area (Å²) < 4.78 is 0. The molecule has 0 atom stereocenters. The van der Waals surface area contributed by atoms with Gasteiger partial charge in [-0.3, -0.25) is 10.1 Å². The molecule has 0 aliphatic rings. The number of fused-ring (bicyclic) bond motifs is 1. The van der Waals surface area contributed by atoms with Crippen LogP contribution >= 0.6 is 0 Å². The minimum atomic E-state index is 0.963. The third kappa shape index (κ3) is 6.95. The van der Waals surface area contributed by atoms with Crippen molar-refractivity contribution in [2.75, 3.05) is 0 Å². The smallest absolute Gasteiger partial charge is 0.0679 e. The van der Waals surface area contributed by atoms with Gasteiger partial charge in [-0.05, 0) is 41.5 Å². The second kappa shape index (κ2) is 12.9. The van der Waals surface area contributed by atoms with E-state index in [0.29, 0.717) is 0 Å². The Morgan fingerprint density at radius 2 is 1.71 bits per heavy atom. The summed E-state index contributed by atoms with van der Waals surface area (Å²) in [4.78, 5) is 4.15. The quantitative estimate of drug-likeness (QED) is 0.473. The van der Waals surface area contributed by atoms with Gasteiger partial charge in [0, 0.05) is 23.3 Å². The number of pyridine rings is 1. The van der Waals surface area contributed by atoms with Gasteiger partial charge in [-0.25, -0.2) is 0 Å². The number of nitrogens with one attached hydrogen (secondary N) is 1. The first-order valence-corrected chi connectivity index (χ1v) is 10.6. The van der Waals surface area contributed by atoms with E-state index in [-0.39, 0.29) is 0 Å². The Balaban J connectivity index is 0.000000334. The van der Waals surface area contributed by atoms with E-state index in [1.165, 1.54) is 31.1 Å². The lowest BCUT2D eigenvalue weighted by molar-refractivity contribution is 0.480. The van der Waals surface area contributed by atoms with Crippen LogP contribution in [0.2, 0.25) is 0 Å². The predicted molar refractivity (Wildman–Crippen MR) is 124 cm³/mol. The van der Waals surface area contributed by atoms with Gasteiger partial charge in [-0.2, -0.15) is 5.10 Å². The van der Waals surface area contributed by atoms with Gasteiger partial charge in [-0.15, -0.1) is 0 Å². The number of aromatic amines is 1. The summed E-state index contributed by atoms with van der Waals surface area (Å²) in [5, 5.41) is 9.40. The number of nitrogens with zero attached hydrogens (tertiary/aromatic N) is 2. The molecule has 0 spiro atoms. The Kier molecular flexibility index (Phi) is 10.9. The van der Waals surface area contributed by atoms with Crippen molar-refractivity contribution >= 4 is 16.3 Å². The molecule has 0 radical (unpaired) electrons. The highest BCUT2D eigenvalue weighted by Crippen LogP contribution is 2.28. The van der Waals surface area contributed by atoms with Crippen LogP contribution < -0.4 is 0 Å². The fourth-order valence-corrected chi connectivity index (χ4v) is 3.21. The number of aromatic nitrogens is 3. The van der Waals surface area contributed by atoms with Gasteiger partial charge < -0.3 is 0 Å². The van der Waals surface area contributed by atoms with Crippen LogP contribution in [0.15, 0.2) is 49.4 Å². The molecule has 2 heterocycles. The molecule has 0 bridgehead atoms. The minimum absolute atomic E-state index is 0.963. The molecule has 3 heteroatoms. The first-order chi connectivity index (χ1) is 13.6. The lowest BCUT2D eigenvalue weighted by Crippen LogP contribution is -1.91. The fraction of sp³-hybridized carbons (Fsp3) is 0.440. The zero-order chi connectivity index (χ0) is 20.9. The summed E-state index contributed by atoms with van der Waals surface area (Å²) in [6.07, 6.45) is 11.0. The number of H-pyrrole nitrogens is 1. The number of benzene rings is 1. The molecular formula is C25H37N3. The van der Waals surface area contributed by atoms with Crippen LogP contribution in [0.25, 0.3) is 27.5 Å². The van der Waals surface area contributed by atoms with E-state index < -0.39 is 0 Å². The van der Waals surface area contributed by atoms with Gasteiger partial charge in [0.05, 0.1) is 11.9 Å². The average molecular weight is 380 g/mol. The van der Waals surface area contributed by atoms with E-state index in [2.05, 4.69) is 60.7 Å². The molecule has 2 aromatic heterocycles. The van der Waals surface area contributed by atoms with Crippen LogP contribution in [0.3, 0.4) is 0 Å². The molecule has 3 rings (SSSR count). The van der Waals surface area contributed by atoms with Crippen LogP contribution in [0, 0.1) is 5.92 Å². The van der Waals surface area contributed by atoms with Crippen LogP contribution in [0.5, 0.6) is 0 Å². The maximum absolute atomic E-state index is 4.15. The summed E-state index contributed by atoms with van der Waals surface area (Å²) in [5.74, 6) is 0.963. The first kappa shape index (κ1) is 23.6. The van der Waals surface area contributed by atoms with E-state index in [0.717, 1.165) is 33.7 Å². The number of hydrogen-bond acceptors (Lipinski definition) is 2. The van der Waals surface area contributed by atoms with Crippen molar-refractivity contribution in [2.24, 2.45) is 5.92 Å². The standard InChI is InChI=1S/C15H13N3.C8H18.C2H6/c1-10(2)15-14(9-17-18-15)12-4-3-11-5-6-16-8-13(11)7-12;1-4-6-8(3)7-5-2;1-2/h3-9H,1H2,2H3,(H,17,18);8H,4-7H2,1-3H3;1-2H3. The molecule has 0 saturated carbocycles. The summed E-state index contributed by atoms with van der Waals surface area (Å²) in [6.45, 7) is 16.8. The fourth-order valence-electron chi connectivity index (χ4n) is 3.21. The van der Waals surface area contributed by atoms with E-state index in [9.17, 15) is 0 Å². The van der Waals surface area contributed by atoms with Crippen molar-refractivity contribution in [1.82, 2.24) is 15.2 Å². The molecule has 1 N–H and O–H groups in total. The third-order valence-corrected chi connectivity index (χ3v) is 4.58. The normalized spacial score (nSPS) is 10.1. The number of hydrogen-bond donors (Lipinski definition) is 1. The van der Waals surface area contributed by atoms with Gasteiger partial charge in [0.15, 0.2) is 0 Å². The molecule has 0 fully saturated rings. The van der Waals surface area contributed by atoms with E-state index in [4.69, 9.17) is 0 Å². The SMILES string of the molecule is C=C(C)c1[nH]ncc1-c1ccc2ccncc2c1.CC.CCCC(C)CCC. The summed E-state index contributed by atoms with van der Waals surface area (Å²) in [7, 11) is 0. The highest BCUT2D eigenvalue weighted by Gasteiger charge is 2.08. The van der Waals surface area contributed by atoms with Crippen molar-refractivity contribution in [1.29, 1.82) is 0 Å². The molecule has 0 amide bonds. The zero-order valence-electron chi connectivity index (χ0n) is 18.5. The number of allylic oxidation sites excluding steroid dienone is 1. The van der Waals surface area contributed by atoms with Crippen molar-refractivity contribution in [3.8, 4) is 11.1 Å². The van der Waals surface area contributed by atoms with Crippen LogP contribution in [0.4, 0.5) is 0 Å². The molecule has 28 heavy (non-hydrogen) atoms. The maximum atomic E-state index is 4.15. The van der Waals surface area contributed by atoms with Crippen molar-refractivity contribution in [3.63, 3.8) is 0 Å². The molecular weight excluding hydrogens is 342 g/mol. The Morgan fingerprint density at radius 3 is 2.32 bits per heavy atom. The lowest BCUT2D eigenvalue weighted by atomic mass is 10.0. The summed E-state index contributed by atoms with van der Waals surface area (Å²) in [6, 6.07) is 8.33. The van der Waals surface area contributed by atoms with E-state index in [1.54, 1.807) is 6.20 Å². The third-order valence-electron chi connectivity index (χ3n) is 4.58. The van der Waals surface area contributed by atoms with E-state index >= 15 is 0 Å². The van der Waals surface area contributed by atoms with Gasteiger partial charge in [0.2, 0.25) is 0 Å². The Labute approximate surface area is 171 Å². The summed E-state index contributed by atoms with van der Waals surface area (Å²) >= 11 is 0. The molecule has 0 aliphatic heterocycles. The molecule has 0 saturated heterocycles. The Bertz CT molecular complexity index is 826. The van der Waals surface area contributed by atoms with Crippen molar-refractivity contribution in [2.45, 2.75) is 67.2 Å². The van der Waals surface area contributed by atoms with Gasteiger partial charge in [0.1, 0.15) is 0 Å². The highest BCUT2D eigenvalue weighted by atomic mass is 15.1. The minimum Gasteiger partial charge on any atom is -0.278 e. The Morgan fingerprint density at radius 1 is 1.04 bits per heavy atom. The van der Waals surface area contributed by atoms with Crippen LogP contribution in [-0.2, 0) is 0 Å². The maximum Gasteiger partial charge on any atom is 0.0679 e. The van der Waals surface area contributed by atoms with Gasteiger partial charge in [0.25, 0.3) is 0 Å². The lowest BCUT2D eigenvalue weighted by Gasteiger charge is -2.05. The van der Waals surface area contributed by atoms with Crippen molar-refractivity contribution < 1.29 is 0 Å². The second-order valence-electron chi connectivity index (χ2n) is 7.06. The molecule has 1 aromatic carbocycles. The summed E-state index contributed by atoms with van der Waals surface area (Å²) in [5.41, 5.74) is 4.17. The molecule has 3 aromatic rings. The second-order valence-corrected chi connectivity index (χ2v) is 7.06. The molecule has 152 valence electrons. The zero-order valence-corrected chi connectivity index (χ0v) is 18.5. The monoisotopic (exact) mass is 379 g/mol. The highest BCUT2D eigenvalue weighted by molar-refractivity contribution is 5.88. The largest absolute Gasteiger partial charge is 0.278 e. The topological polar surface area (TPSA) is 41.6 Å². The molecule has 0 unspecified atom stereocenters. The van der Waals surface area contributed by atoms with Gasteiger partial charge in [-0.1, -0.05) is 79.0 Å². The van der Waals surface area contributed by atoms with Crippen LogP contribution in [0.1, 0.15) is 72.9 Å². The van der Waals surface area contributed by atoms with Crippen molar-refractivity contribution in [3.05, 3.63) is 55.1 Å².